The molecule has 0 aliphatic heterocycles. The second kappa shape index (κ2) is 4.72. The molecule has 2 aromatic carbocycles. The van der Waals surface area contributed by atoms with Gasteiger partial charge in [-0.1, -0.05) is 42.5 Å². The minimum atomic E-state index is -0.522. The van der Waals surface area contributed by atoms with Crippen molar-refractivity contribution in [1.82, 2.24) is 0 Å². The van der Waals surface area contributed by atoms with Gasteiger partial charge in [0.15, 0.2) is 0 Å². The van der Waals surface area contributed by atoms with E-state index in [0.29, 0.717) is 0 Å². The smallest absolute Gasteiger partial charge is 0.145 e. The molecule has 2 heteroatoms. The van der Waals surface area contributed by atoms with Gasteiger partial charge in [0.25, 0.3) is 0 Å². The average molecular weight is 268 g/mol. The van der Waals surface area contributed by atoms with Crippen LogP contribution in [0.2, 0.25) is 0 Å². The van der Waals surface area contributed by atoms with E-state index in [2.05, 4.69) is 56.3 Å². The first kappa shape index (κ1) is 13.3. The van der Waals surface area contributed by atoms with Gasteiger partial charge in [-0.3, -0.25) is 0 Å². The fourth-order valence-corrected chi connectivity index (χ4v) is 3.53. The van der Waals surface area contributed by atoms with Crippen molar-refractivity contribution in [3.8, 4) is 11.1 Å². The van der Waals surface area contributed by atoms with Crippen LogP contribution in [0.4, 0.5) is 0 Å². The van der Waals surface area contributed by atoms with Crippen molar-refractivity contribution in [2.45, 2.75) is 25.6 Å². The van der Waals surface area contributed by atoms with Gasteiger partial charge in [-0.15, -0.1) is 0 Å². The van der Waals surface area contributed by atoms with Gasteiger partial charge in [0.05, 0.1) is 6.10 Å². The lowest BCUT2D eigenvalue weighted by molar-refractivity contribution is -0.0858. The van der Waals surface area contributed by atoms with Crippen molar-refractivity contribution in [2.24, 2.45) is 0 Å². The first-order valence-electron chi connectivity index (χ1n) is 6.94. The summed E-state index contributed by atoms with van der Waals surface area (Å²) >= 11 is 0. The summed E-state index contributed by atoms with van der Waals surface area (Å²) in [6.45, 7) is 4.21. The molecule has 2 nitrogen and oxygen atoms in total. The molecule has 0 saturated carbocycles. The summed E-state index contributed by atoms with van der Waals surface area (Å²) in [6, 6.07) is 14.9. The monoisotopic (exact) mass is 268 g/mol. The molecule has 1 aliphatic rings. The Morgan fingerprint density at radius 3 is 2.35 bits per heavy atom. The van der Waals surface area contributed by atoms with Crippen LogP contribution in [-0.4, -0.2) is 20.3 Å². The zero-order valence-corrected chi connectivity index (χ0v) is 12.4. The number of hydrogen-bond acceptors (Lipinski definition) is 2. The molecule has 1 aliphatic carbocycles. The molecule has 2 unspecified atom stereocenters. The van der Waals surface area contributed by atoms with Gasteiger partial charge >= 0.3 is 0 Å². The summed E-state index contributed by atoms with van der Waals surface area (Å²) in [5.41, 5.74) is 5.65. The Labute approximate surface area is 120 Å². The van der Waals surface area contributed by atoms with Crippen molar-refractivity contribution < 1.29 is 9.47 Å². The number of benzene rings is 2. The van der Waals surface area contributed by atoms with Crippen LogP contribution in [0.1, 0.15) is 23.6 Å². The van der Waals surface area contributed by atoms with E-state index in [0.717, 1.165) is 0 Å². The van der Waals surface area contributed by atoms with E-state index in [1.54, 1.807) is 14.2 Å². The van der Waals surface area contributed by atoms with Gasteiger partial charge < -0.3 is 9.47 Å². The Hall–Kier alpha value is -1.64. The molecule has 0 spiro atoms. The Bertz CT molecular complexity index is 648. The predicted molar refractivity (Wildman–Crippen MR) is 80.9 cm³/mol. The second-order valence-electron chi connectivity index (χ2n) is 5.36. The number of methoxy groups -OCH3 is 2. The van der Waals surface area contributed by atoms with Gasteiger partial charge in [0, 0.05) is 19.8 Å². The maximum atomic E-state index is 6.06. The molecule has 20 heavy (non-hydrogen) atoms. The zero-order chi connectivity index (χ0) is 14.3. The molecule has 104 valence electrons. The first-order valence-corrected chi connectivity index (χ1v) is 6.94. The summed E-state index contributed by atoms with van der Waals surface area (Å²) in [4.78, 5) is 0. The minimum Gasteiger partial charge on any atom is -0.378 e. The fourth-order valence-electron chi connectivity index (χ4n) is 3.53. The zero-order valence-electron chi connectivity index (χ0n) is 12.4. The molecular formula is C18H20O2. The van der Waals surface area contributed by atoms with E-state index in [1.807, 2.05) is 0 Å². The maximum absolute atomic E-state index is 6.06. The number of ether oxygens (including phenoxy) is 2. The van der Waals surface area contributed by atoms with Crippen molar-refractivity contribution in [2.75, 3.05) is 14.2 Å². The van der Waals surface area contributed by atoms with Crippen molar-refractivity contribution in [3.05, 3.63) is 59.2 Å². The van der Waals surface area contributed by atoms with Crippen LogP contribution in [0, 0.1) is 6.92 Å². The van der Waals surface area contributed by atoms with E-state index in [9.17, 15) is 0 Å². The van der Waals surface area contributed by atoms with E-state index < -0.39 is 5.60 Å². The Kier molecular flexibility index (Phi) is 3.15. The summed E-state index contributed by atoms with van der Waals surface area (Å²) in [7, 11) is 3.51. The largest absolute Gasteiger partial charge is 0.378 e. The third kappa shape index (κ3) is 1.52. The van der Waals surface area contributed by atoms with Crippen LogP contribution in [0.25, 0.3) is 11.1 Å². The Balaban J connectivity index is 2.41. The average Bonchev–Trinajstić information content (AvgIpc) is 2.79. The van der Waals surface area contributed by atoms with E-state index in [1.165, 1.54) is 27.8 Å². The van der Waals surface area contributed by atoms with Gasteiger partial charge in [0.1, 0.15) is 5.60 Å². The highest BCUT2D eigenvalue weighted by molar-refractivity contribution is 5.81. The Morgan fingerprint density at radius 2 is 1.65 bits per heavy atom. The molecule has 3 rings (SSSR count). The van der Waals surface area contributed by atoms with Crippen LogP contribution in [-0.2, 0) is 15.1 Å². The molecule has 0 amide bonds. The molecule has 2 atom stereocenters. The maximum Gasteiger partial charge on any atom is 0.145 e. The van der Waals surface area contributed by atoms with E-state index in [4.69, 9.17) is 9.47 Å². The number of rotatable bonds is 3. The third-order valence-corrected chi connectivity index (χ3v) is 4.51. The Morgan fingerprint density at radius 1 is 0.950 bits per heavy atom. The van der Waals surface area contributed by atoms with Gasteiger partial charge in [-0.25, -0.2) is 0 Å². The normalized spacial score (nSPS) is 21.4. The number of fused-ring (bicyclic) bond motifs is 3. The summed E-state index contributed by atoms with van der Waals surface area (Å²) in [6.07, 6.45) is -0.0593. The van der Waals surface area contributed by atoms with Crippen LogP contribution in [0.3, 0.4) is 0 Å². The summed E-state index contributed by atoms with van der Waals surface area (Å²) in [5.74, 6) is 0. The minimum absolute atomic E-state index is 0.0593. The SMILES string of the molecule is COC(C)C1(OC)c2ccccc2-c2cccc(C)c21. The highest BCUT2D eigenvalue weighted by atomic mass is 16.5. The molecule has 0 aromatic heterocycles. The lowest BCUT2D eigenvalue weighted by Gasteiger charge is -2.36. The van der Waals surface area contributed by atoms with Gasteiger partial charge in [0.2, 0.25) is 0 Å². The molecule has 0 radical (unpaired) electrons. The lowest BCUT2D eigenvalue weighted by Crippen LogP contribution is -2.40. The first-order chi connectivity index (χ1) is 9.66. The second-order valence-corrected chi connectivity index (χ2v) is 5.36. The van der Waals surface area contributed by atoms with Gasteiger partial charge in [-0.2, -0.15) is 0 Å². The molecule has 0 fully saturated rings. The molecule has 0 saturated heterocycles. The van der Waals surface area contributed by atoms with Crippen LogP contribution >= 0.6 is 0 Å². The van der Waals surface area contributed by atoms with Crippen LogP contribution in [0.15, 0.2) is 42.5 Å². The van der Waals surface area contributed by atoms with Crippen LogP contribution in [0.5, 0.6) is 0 Å². The quantitative estimate of drug-likeness (QED) is 0.840. The molecule has 0 heterocycles. The summed E-state index contributed by atoms with van der Waals surface area (Å²) in [5, 5.41) is 0. The van der Waals surface area contributed by atoms with E-state index in [-0.39, 0.29) is 6.10 Å². The number of aryl methyl sites for hydroxylation is 1. The molecule has 0 N–H and O–H groups in total. The van der Waals surface area contributed by atoms with E-state index >= 15 is 0 Å². The van der Waals surface area contributed by atoms with Crippen molar-refractivity contribution in [3.63, 3.8) is 0 Å². The third-order valence-electron chi connectivity index (χ3n) is 4.51. The number of hydrogen-bond donors (Lipinski definition) is 0. The summed E-state index contributed by atoms with van der Waals surface area (Å²) < 4.78 is 11.7. The standard InChI is InChI=1S/C18H20O2/c1-12-8-7-10-15-14-9-5-6-11-16(14)18(20-4,17(12)15)13(2)19-3/h5-11,13H,1-4H3. The molecular weight excluding hydrogens is 248 g/mol. The molecule has 0 bridgehead atoms. The molecule has 2 aromatic rings. The van der Waals surface area contributed by atoms with Crippen molar-refractivity contribution in [1.29, 1.82) is 0 Å². The fraction of sp³-hybridized carbons (Fsp3) is 0.333. The van der Waals surface area contributed by atoms with Crippen molar-refractivity contribution >= 4 is 0 Å². The highest BCUT2D eigenvalue weighted by Gasteiger charge is 2.48. The highest BCUT2D eigenvalue weighted by Crippen LogP contribution is 2.52. The topological polar surface area (TPSA) is 18.5 Å². The van der Waals surface area contributed by atoms with Crippen LogP contribution < -0.4 is 0 Å². The van der Waals surface area contributed by atoms with Gasteiger partial charge in [-0.05, 0) is 36.1 Å². The lowest BCUT2D eigenvalue weighted by atomic mass is 9.84. The predicted octanol–water partition coefficient (Wildman–Crippen LogP) is 3.90.